The molecule has 2 N–H and O–H groups in total. The number of anilines is 1. The number of amides is 1. The van der Waals surface area contributed by atoms with Crippen molar-refractivity contribution in [2.24, 2.45) is 7.05 Å². The third kappa shape index (κ3) is 3.04. The van der Waals surface area contributed by atoms with Gasteiger partial charge in [-0.15, -0.1) is 11.3 Å². The molecule has 0 saturated carbocycles. The van der Waals surface area contributed by atoms with Crippen LogP contribution in [0.3, 0.4) is 0 Å². The molecule has 2 aromatic heterocycles. The minimum atomic E-state index is -1.20. The van der Waals surface area contributed by atoms with E-state index in [1.54, 1.807) is 0 Å². The number of benzene rings is 1. The largest absolute Gasteiger partial charge is 0.478 e. The lowest BCUT2D eigenvalue weighted by atomic mass is 10.1. The van der Waals surface area contributed by atoms with Crippen molar-refractivity contribution in [2.75, 3.05) is 5.32 Å². The van der Waals surface area contributed by atoms with E-state index in [1.165, 1.54) is 23.1 Å². The molecule has 1 aromatic carbocycles. The smallest absolute Gasteiger partial charge is 0.339 e. The van der Waals surface area contributed by atoms with Crippen LogP contribution in [0.15, 0.2) is 35.8 Å². The van der Waals surface area contributed by atoms with Crippen LogP contribution < -0.4 is 5.32 Å². The van der Waals surface area contributed by atoms with E-state index in [1.807, 2.05) is 36.6 Å². The van der Waals surface area contributed by atoms with Gasteiger partial charge in [-0.2, -0.15) is 5.10 Å². The maximum absolute atomic E-state index is 12.3. The number of nitrogens with zero attached hydrogens (tertiary/aromatic N) is 3. The molecule has 0 unspecified atom stereocenters. The van der Waals surface area contributed by atoms with Crippen LogP contribution in [-0.2, 0) is 7.05 Å². The zero-order valence-electron chi connectivity index (χ0n) is 13.0. The predicted molar refractivity (Wildman–Crippen MR) is 90.4 cm³/mol. The standard InChI is InChI=1S/C16H14N4O3S/c1-9-3-5-10(6-4-9)12-8-24-16(18-12)19-14(21)13-11(15(22)23)7-17-20(13)2/h3-8H,1-2H3,(H,22,23)(H,18,19,21). The number of aromatic carboxylic acids is 1. The molecular formula is C16H14N4O3S. The van der Waals surface area contributed by atoms with Crippen LogP contribution in [0, 0.1) is 6.92 Å². The molecule has 7 nitrogen and oxygen atoms in total. The number of thiazole rings is 1. The summed E-state index contributed by atoms with van der Waals surface area (Å²) in [4.78, 5) is 27.9. The van der Waals surface area contributed by atoms with Gasteiger partial charge in [-0.3, -0.25) is 14.8 Å². The van der Waals surface area contributed by atoms with Gasteiger partial charge in [0.2, 0.25) is 0 Å². The van der Waals surface area contributed by atoms with Gasteiger partial charge in [-0.1, -0.05) is 29.8 Å². The number of nitrogens with one attached hydrogen (secondary N) is 1. The van der Waals surface area contributed by atoms with Crippen molar-refractivity contribution >= 4 is 28.3 Å². The van der Waals surface area contributed by atoms with Crippen LogP contribution in [0.25, 0.3) is 11.3 Å². The van der Waals surface area contributed by atoms with Crippen LogP contribution in [0.5, 0.6) is 0 Å². The summed E-state index contributed by atoms with van der Waals surface area (Å²) in [6.45, 7) is 2.00. The minimum Gasteiger partial charge on any atom is -0.478 e. The second-order valence-electron chi connectivity index (χ2n) is 5.19. The first-order valence-electron chi connectivity index (χ1n) is 7.05. The summed E-state index contributed by atoms with van der Waals surface area (Å²) in [5.41, 5.74) is 2.68. The van der Waals surface area contributed by atoms with Crippen LogP contribution in [0.2, 0.25) is 0 Å². The Morgan fingerprint density at radius 2 is 1.96 bits per heavy atom. The normalized spacial score (nSPS) is 10.6. The van der Waals surface area contributed by atoms with Crippen molar-refractivity contribution in [3.05, 3.63) is 52.7 Å². The lowest BCUT2D eigenvalue weighted by Gasteiger charge is -2.03. The molecule has 0 aliphatic rings. The molecule has 24 heavy (non-hydrogen) atoms. The molecule has 122 valence electrons. The number of hydrogen-bond donors (Lipinski definition) is 2. The van der Waals surface area contributed by atoms with Crippen LogP contribution >= 0.6 is 11.3 Å². The van der Waals surface area contributed by atoms with Crippen LogP contribution in [0.4, 0.5) is 5.13 Å². The molecule has 0 atom stereocenters. The van der Waals surface area contributed by atoms with Gasteiger partial charge in [0.1, 0.15) is 11.3 Å². The molecule has 3 rings (SSSR count). The van der Waals surface area contributed by atoms with E-state index >= 15 is 0 Å². The number of aryl methyl sites for hydroxylation is 2. The molecule has 3 aromatic rings. The van der Waals surface area contributed by atoms with E-state index < -0.39 is 11.9 Å². The maximum Gasteiger partial charge on any atom is 0.339 e. The fraction of sp³-hybridized carbons (Fsp3) is 0.125. The van der Waals surface area contributed by atoms with Crippen molar-refractivity contribution in [1.29, 1.82) is 0 Å². The summed E-state index contributed by atoms with van der Waals surface area (Å²) in [6.07, 6.45) is 1.15. The highest BCUT2D eigenvalue weighted by molar-refractivity contribution is 7.14. The summed E-state index contributed by atoms with van der Waals surface area (Å²) < 4.78 is 1.23. The average molecular weight is 342 g/mol. The molecule has 0 saturated heterocycles. The zero-order chi connectivity index (χ0) is 17.3. The molecular weight excluding hydrogens is 328 g/mol. The van der Waals surface area contributed by atoms with Crippen LogP contribution in [-0.4, -0.2) is 31.7 Å². The number of carbonyl (C=O) groups is 2. The minimum absolute atomic E-state index is 0.0189. The maximum atomic E-state index is 12.3. The summed E-state index contributed by atoms with van der Waals surface area (Å²) in [6, 6.07) is 7.89. The lowest BCUT2D eigenvalue weighted by molar-refractivity contribution is 0.0692. The Hall–Kier alpha value is -3.00. The molecule has 0 aliphatic heterocycles. The second-order valence-corrected chi connectivity index (χ2v) is 6.05. The van der Waals surface area contributed by atoms with E-state index in [0.717, 1.165) is 23.0 Å². The summed E-state index contributed by atoms with van der Waals surface area (Å²) >= 11 is 1.27. The van der Waals surface area contributed by atoms with Crippen molar-refractivity contribution in [2.45, 2.75) is 6.92 Å². The lowest BCUT2D eigenvalue weighted by Crippen LogP contribution is -2.19. The van der Waals surface area contributed by atoms with Gasteiger partial charge in [0.25, 0.3) is 5.91 Å². The number of rotatable bonds is 4. The molecule has 1 amide bonds. The molecule has 0 bridgehead atoms. The fourth-order valence-corrected chi connectivity index (χ4v) is 2.92. The van der Waals surface area contributed by atoms with E-state index in [4.69, 9.17) is 5.11 Å². The third-order valence-electron chi connectivity index (χ3n) is 3.46. The van der Waals surface area contributed by atoms with E-state index in [9.17, 15) is 9.59 Å². The van der Waals surface area contributed by atoms with E-state index in [-0.39, 0.29) is 11.3 Å². The third-order valence-corrected chi connectivity index (χ3v) is 4.21. The van der Waals surface area contributed by atoms with Crippen molar-refractivity contribution in [3.8, 4) is 11.3 Å². The molecule has 0 fully saturated rings. The first-order chi connectivity index (χ1) is 11.5. The number of carboxylic acid groups (broad SMARTS) is 1. The quantitative estimate of drug-likeness (QED) is 0.760. The summed E-state index contributed by atoms with van der Waals surface area (Å²) in [5.74, 6) is -1.76. The van der Waals surface area contributed by atoms with Crippen LogP contribution in [0.1, 0.15) is 26.4 Å². The SMILES string of the molecule is Cc1ccc(-c2csc(NC(=O)c3c(C(=O)O)cnn3C)n2)cc1. The average Bonchev–Trinajstić information content (AvgIpc) is 3.14. The predicted octanol–water partition coefficient (Wildman–Crippen LogP) is 2.80. The van der Waals surface area contributed by atoms with Gasteiger partial charge in [0.05, 0.1) is 11.9 Å². The fourth-order valence-electron chi connectivity index (χ4n) is 2.21. The topological polar surface area (TPSA) is 97.1 Å². The highest BCUT2D eigenvalue weighted by Crippen LogP contribution is 2.25. The van der Waals surface area contributed by atoms with Gasteiger partial charge < -0.3 is 5.11 Å². The van der Waals surface area contributed by atoms with E-state index in [2.05, 4.69) is 15.4 Å². The molecule has 2 heterocycles. The molecule has 8 heteroatoms. The monoisotopic (exact) mass is 342 g/mol. The summed E-state index contributed by atoms with van der Waals surface area (Å²) in [7, 11) is 1.51. The Bertz CT molecular complexity index is 912. The summed E-state index contributed by atoms with van der Waals surface area (Å²) in [5, 5.41) is 17.8. The Morgan fingerprint density at radius 1 is 1.25 bits per heavy atom. The van der Waals surface area contributed by atoms with E-state index in [0.29, 0.717) is 5.13 Å². The molecule has 0 radical (unpaired) electrons. The number of carbonyl (C=O) groups excluding carboxylic acids is 1. The van der Waals surface area contributed by atoms with Gasteiger partial charge in [-0.05, 0) is 6.92 Å². The van der Waals surface area contributed by atoms with Gasteiger partial charge in [0.15, 0.2) is 5.13 Å². The van der Waals surface area contributed by atoms with Gasteiger partial charge in [0, 0.05) is 18.0 Å². The first kappa shape index (κ1) is 15.9. The Balaban J connectivity index is 1.82. The number of aromatic nitrogens is 3. The molecule has 0 spiro atoms. The van der Waals surface area contributed by atoms with Crippen molar-refractivity contribution < 1.29 is 14.7 Å². The highest BCUT2D eigenvalue weighted by atomic mass is 32.1. The van der Waals surface area contributed by atoms with Gasteiger partial charge in [-0.25, -0.2) is 9.78 Å². The highest BCUT2D eigenvalue weighted by Gasteiger charge is 2.22. The van der Waals surface area contributed by atoms with Gasteiger partial charge >= 0.3 is 5.97 Å². The Labute approximate surface area is 141 Å². The Kier molecular flexibility index (Phi) is 4.13. The first-order valence-corrected chi connectivity index (χ1v) is 7.93. The molecule has 0 aliphatic carbocycles. The Morgan fingerprint density at radius 3 is 2.62 bits per heavy atom. The number of hydrogen-bond acceptors (Lipinski definition) is 5. The van der Waals surface area contributed by atoms with Crippen molar-refractivity contribution in [3.63, 3.8) is 0 Å². The second kappa shape index (κ2) is 6.25. The zero-order valence-corrected chi connectivity index (χ0v) is 13.8. The van der Waals surface area contributed by atoms with Crippen molar-refractivity contribution in [1.82, 2.24) is 14.8 Å². The number of carboxylic acids is 1.